The summed E-state index contributed by atoms with van der Waals surface area (Å²) in [5.74, 6) is 0.214. The van der Waals surface area contributed by atoms with Crippen molar-refractivity contribution in [1.29, 1.82) is 0 Å². The Morgan fingerprint density at radius 2 is 1.74 bits per heavy atom. The van der Waals surface area contributed by atoms with E-state index >= 15 is 0 Å². The molecule has 27 heavy (non-hydrogen) atoms. The maximum absolute atomic E-state index is 12.5. The Morgan fingerprint density at radius 3 is 2.44 bits per heavy atom. The molecule has 138 valence electrons. The molecule has 5 heteroatoms. The number of nitrogens with zero attached hydrogens (tertiary/aromatic N) is 2. The van der Waals surface area contributed by atoms with Gasteiger partial charge < -0.3 is 0 Å². The maximum atomic E-state index is 12.5. The summed E-state index contributed by atoms with van der Waals surface area (Å²) in [5, 5.41) is 0. The van der Waals surface area contributed by atoms with E-state index in [0.29, 0.717) is 30.7 Å². The van der Waals surface area contributed by atoms with Gasteiger partial charge in [0.1, 0.15) is 11.4 Å². The summed E-state index contributed by atoms with van der Waals surface area (Å²) >= 11 is 1.65. The Balaban J connectivity index is 1.63. The van der Waals surface area contributed by atoms with Crippen molar-refractivity contribution in [2.75, 3.05) is 0 Å². The molecule has 0 fully saturated rings. The minimum Gasteiger partial charge on any atom is -0.292 e. The smallest absolute Gasteiger partial charge is 0.181 e. The molecular formula is C22H22N2O2S. The summed E-state index contributed by atoms with van der Waals surface area (Å²) in [6.07, 6.45) is 3.24. The Kier molecular flexibility index (Phi) is 6.24. The van der Waals surface area contributed by atoms with Crippen molar-refractivity contribution in [1.82, 2.24) is 9.97 Å². The molecule has 0 aliphatic rings. The number of carbonyl (C=O) groups is 2. The van der Waals surface area contributed by atoms with Gasteiger partial charge in [-0.25, -0.2) is 4.98 Å². The molecule has 0 N–H and O–H groups in total. The van der Waals surface area contributed by atoms with E-state index in [0.717, 1.165) is 15.4 Å². The Morgan fingerprint density at radius 1 is 0.963 bits per heavy atom. The molecule has 0 aliphatic heterocycles. The number of hydrogen-bond acceptors (Lipinski definition) is 5. The van der Waals surface area contributed by atoms with E-state index in [1.807, 2.05) is 44.2 Å². The molecule has 3 aromatic heterocycles. The van der Waals surface area contributed by atoms with Crippen molar-refractivity contribution in [3.8, 4) is 10.6 Å². The predicted molar refractivity (Wildman–Crippen MR) is 108 cm³/mol. The van der Waals surface area contributed by atoms with Crippen LogP contribution in [0.25, 0.3) is 10.6 Å². The molecule has 0 atom stereocenters. The third-order valence-electron chi connectivity index (χ3n) is 4.09. The number of aryl methyl sites for hydroxylation is 1. The lowest BCUT2D eigenvalue weighted by atomic mass is 10.0. The number of rotatable bonds is 8. The molecule has 0 spiro atoms. The molecule has 0 saturated heterocycles. The van der Waals surface area contributed by atoms with Gasteiger partial charge in [0.2, 0.25) is 0 Å². The topological polar surface area (TPSA) is 59.9 Å². The molecule has 0 radical (unpaired) electrons. The molecule has 0 aromatic carbocycles. The highest BCUT2D eigenvalue weighted by Crippen LogP contribution is 2.27. The number of ketones is 2. The van der Waals surface area contributed by atoms with Crippen LogP contribution in [-0.4, -0.2) is 21.5 Å². The molecule has 0 aliphatic carbocycles. The van der Waals surface area contributed by atoms with Crippen LogP contribution < -0.4 is 0 Å². The van der Waals surface area contributed by atoms with Gasteiger partial charge in [-0.3, -0.25) is 14.6 Å². The quantitative estimate of drug-likeness (QED) is 0.502. The van der Waals surface area contributed by atoms with Crippen molar-refractivity contribution in [3.63, 3.8) is 0 Å². The van der Waals surface area contributed by atoms with Gasteiger partial charge in [0.05, 0.1) is 10.6 Å². The van der Waals surface area contributed by atoms with Crippen LogP contribution >= 0.6 is 11.3 Å². The van der Waals surface area contributed by atoms with Crippen LogP contribution in [0.1, 0.15) is 52.5 Å². The first-order valence-electron chi connectivity index (χ1n) is 9.06. The van der Waals surface area contributed by atoms with Crippen molar-refractivity contribution in [2.24, 2.45) is 5.92 Å². The zero-order valence-electron chi connectivity index (χ0n) is 15.5. The molecule has 0 unspecified atom stereocenters. The van der Waals surface area contributed by atoms with E-state index in [4.69, 9.17) is 0 Å². The van der Waals surface area contributed by atoms with Gasteiger partial charge in [-0.05, 0) is 48.7 Å². The average Bonchev–Trinajstić information content (AvgIpc) is 3.15. The zero-order chi connectivity index (χ0) is 19.2. The zero-order valence-corrected chi connectivity index (χ0v) is 16.3. The molecule has 3 rings (SSSR count). The first-order chi connectivity index (χ1) is 13.0. The Labute approximate surface area is 163 Å². The first-order valence-corrected chi connectivity index (χ1v) is 9.88. The molecule has 3 aromatic rings. The van der Waals surface area contributed by atoms with Crippen LogP contribution in [0, 0.1) is 5.92 Å². The predicted octanol–water partition coefficient (Wildman–Crippen LogP) is 5.25. The van der Waals surface area contributed by atoms with Gasteiger partial charge in [-0.2, -0.15) is 0 Å². The van der Waals surface area contributed by atoms with E-state index in [2.05, 4.69) is 9.97 Å². The van der Waals surface area contributed by atoms with Gasteiger partial charge in [0.25, 0.3) is 0 Å². The lowest BCUT2D eigenvalue weighted by Crippen LogP contribution is -2.10. The molecule has 0 bridgehead atoms. The average molecular weight is 378 g/mol. The summed E-state index contributed by atoms with van der Waals surface area (Å²) in [4.78, 5) is 35.5. The van der Waals surface area contributed by atoms with E-state index in [1.165, 1.54) is 0 Å². The number of thiophene rings is 1. The largest absolute Gasteiger partial charge is 0.292 e. The van der Waals surface area contributed by atoms with Gasteiger partial charge in [0.15, 0.2) is 11.6 Å². The van der Waals surface area contributed by atoms with E-state index in [-0.39, 0.29) is 17.5 Å². The number of pyridine rings is 2. The highest BCUT2D eigenvalue weighted by atomic mass is 32.1. The fraction of sp³-hybridized carbons (Fsp3) is 0.273. The van der Waals surface area contributed by atoms with E-state index in [1.54, 1.807) is 35.7 Å². The monoisotopic (exact) mass is 378 g/mol. The molecule has 0 amide bonds. The minimum absolute atomic E-state index is 0.0158. The van der Waals surface area contributed by atoms with Crippen LogP contribution in [0.15, 0.2) is 54.7 Å². The number of aromatic nitrogens is 2. The van der Waals surface area contributed by atoms with Crippen LogP contribution in [-0.2, 0) is 6.42 Å². The van der Waals surface area contributed by atoms with Crippen LogP contribution in [0.5, 0.6) is 0 Å². The Hall–Kier alpha value is -2.66. The summed E-state index contributed by atoms with van der Waals surface area (Å²) in [5.41, 5.74) is 1.69. The summed E-state index contributed by atoms with van der Waals surface area (Å²) in [6, 6.07) is 15.0. The van der Waals surface area contributed by atoms with Crippen LogP contribution in [0.2, 0.25) is 0 Å². The fourth-order valence-electron chi connectivity index (χ4n) is 2.74. The minimum atomic E-state index is -0.0398. The maximum Gasteiger partial charge on any atom is 0.181 e. The normalized spacial score (nSPS) is 10.9. The first kappa shape index (κ1) is 19.1. The molecule has 0 saturated carbocycles. The summed E-state index contributed by atoms with van der Waals surface area (Å²) in [7, 11) is 0. The third-order valence-corrected chi connectivity index (χ3v) is 5.26. The highest BCUT2D eigenvalue weighted by Gasteiger charge is 2.14. The van der Waals surface area contributed by atoms with Crippen molar-refractivity contribution in [2.45, 2.75) is 33.1 Å². The van der Waals surface area contributed by atoms with Crippen LogP contribution in [0.3, 0.4) is 0 Å². The summed E-state index contributed by atoms with van der Waals surface area (Å²) in [6.45, 7) is 3.99. The standard InChI is InChI=1S/C22H22N2O2S/c1-15(2)14-21(26)18-8-5-7-17(24-18)20(25)11-9-16-10-12-22(27-16)19-6-3-4-13-23-19/h3-8,10,12-13,15H,9,11,14H2,1-2H3. The third kappa shape index (κ3) is 5.17. The Bertz CT molecular complexity index is 932. The molecular weight excluding hydrogens is 356 g/mol. The van der Waals surface area contributed by atoms with Gasteiger partial charge in [-0.15, -0.1) is 11.3 Å². The molecule has 4 nitrogen and oxygen atoms in total. The molecule has 3 heterocycles. The van der Waals surface area contributed by atoms with Crippen molar-refractivity contribution >= 4 is 22.9 Å². The van der Waals surface area contributed by atoms with Gasteiger partial charge >= 0.3 is 0 Å². The number of hydrogen-bond donors (Lipinski definition) is 0. The van der Waals surface area contributed by atoms with Gasteiger partial charge in [-0.1, -0.05) is 26.0 Å². The number of Topliss-reactive ketones (excluding diaryl/α,β-unsaturated/α-hetero) is 2. The lowest BCUT2D eigenvalue weighted by Gasteiger charge is -2.05. The van der Waals surface area contributed by atoms with E-state index < -0.39 is 0 Å². The van der Waals surface area contributed by atoms with Crippen molar-refractivity contribution in [3.05, 3.63) is 71.0 Å². The number of carbonyl (C=O) groups excluding carboxylic acids is 2. The van der Waals surface area contributed by atoms with Crippen LogP contribution in [0.4, 0.5) is 0 Å². The summed E-state index contributed by atoms with van der Waals surface area (Å²) < 4.78 is 0. The second-order valence-corrected chi connectivity index (χ2v) is 8.00. The second-order valence-electron chi connectivity index (χ2n) is 6.83. The fourth-order valence-corrected chi connectivity index (χ4v) is 3.73. The SMILES string of the molecule is CC(C)CC(=O)c1cccc(C(=O)CCc2ccc(-c3ccccn3)s2)n1. The second kappa shape index (κ2) is 8.82. The van der Waals surface area contributed by atoms with Gasteiger partial charge in [0, 0.05) is 23.9 Å². The van der Waals surface area contributed by atoms with Crippen molar-refractivity contribution < 1.29 is 9.59 Å². The highest BCUT2D eigenvalue weighted by molar-refractivity contribution is 7.15. The van der Waals surface area contributed by atoms with E-state index in [9.17, 15) is 9.59 Å². The lowest BCUT2D eigenvalue weighted by molar-refractivity contribution is 0.0962.